The summed E-state index contributed by atoms with van der Waals surface area (Å²) in [5.74, 6) is 2.52. The molecule has 2 aromatic heterocycles. The zero-order chi connectivity index (χ0) is 21.6. The van der Waals surface area contributed by atoms with Crippen LogP contribution in [0.2, 0.25) is 0 Å². The Bertz CT molecular complexity index is 999. The van der Waals surface area contributed by atoms with Crippen LogP contribution < -0.4 is 15.2 Å². The maximum absolute atomic E-state index is 5.53. The van der Waals surface area contributed by atoms with E-state index in [0.717, 1.165) is 54.6 Å². The molecule has 4 rings (SSSR count). The minimum Gasteiger partial charge on any atom is -0.378 e. The summed E-state index contributed by atoms with van der Waals surface area (Å²) in [5.41, 5.74) is 5.62. The number of anilines is 3. The van der Waals surface area contributed by atoms with Gasteiger partial charge in [0, 0.05) is 38.3 Å². The van der Waals surface area contributed by atoms with Gasteiger partial charge in [0.25, 0.3) is 0 Å². The molecule has 0 saturated carbocycles. The van der Waals surface area contributed by atoms with Crippen molar-refractivity contribution in [1.29, 1.82) is 0 Å². The van der Waals surface area contributed by atoms with Crippen LogP contribution in [0.3, 0.4) is 0 Å². The standard InChI is InChI=1S/C22H29N7O2/c1-4-18(13-17(2)3)16-23-25-19-14-22(28-7-11-31-12-8-28)29-20(24-19)15-21(26-29)27-5-9-30-10-6-27/h4,13-16H,1-2,5-12H2,3H3,(H,24,25)/b18-13+,23-16+. The highest BCUT2D eigenvalue weighted by molar-refractivity contribution is 5.83. The lowest BCUT2D eigenvalue weighted by Crippen LogP contribution is -2.38. The highest BCUT2D eigenvalue weighted by Gasteiger charge is 2.20. The first-order valence-electron chi connectivity index (χ1n) is 10.5. The van der Waals surface area contributed by atoms with Crippen LogP contribution in [0.15, 0.2) is 53.7 Å². The van der Waals surface area contributed by atoms with E-state index >= 15 is 0 Å². The molecule has 0 bridgehead atoms. The van der Waals surface area contributed by atoms with Crippen molar-refractivity contribution < 1.29 is 9.47 Å². The number of allylic oxidation sites excluding steroid dienone is 4. The molecule has 9 heteroatoms. The Morgan fingerprint density at radius 1 is 1.10 bits per heavy atom. The van der Waals surface area contributed by atoms with Gasteiger partial charge in [-0.15, -0.1) is 5.10 Å². The average Bonchev–Trinajstić information content (AvgIpc) is 3.23. The van der Waals surface area contributed by atoms with Crippen LogP contribution in [0.4, 0.5) is 17.5 Å². The summed E-state index contributed by atoms with van der Waals surface area (Å²) in [7, 11) is 0. The molecule has 2 aromatic rings. The van der Waals surface area contributed by atoms with Crippen LogP contribution in [0.25, 0.3) is 5.65 Å². The van der Waals surface area contributed by atoms with Crippen molar-refractivity contribution >= 4 is 29.3 Å². The molecule has 0 amide bonds. The van der Waals surface area contributed by atoms with Crippen LogP contribution >= 0.6 is 0 Å². The second kappa shape index (κ2) is 9.76. The van der Waals surface area contributed by atoms with Gasteiger partial charge in [-0.05, 0) is 12.5 Å². The maximum atomic E-state index is 5.53. The van der Waals surface area contributed by atoms with Crippen molar-refractivity contribution in [1.82, 2.24) is 14.6 Å². The Labute approximate surface area is 182 Å². The molecule has 0 radical (unpaired) electrons. The Balaban J connectivity index is 1.65. The van der Waals surface area contributed by atoms with Gasteiger partial charge in [0.15, 0.2) is 17.3 Å². The summed E-state index contributed by atoms with van der Waals surface area (Å²) >= 11 is 0. The number of fused-ring (bicyclic) bond motifs is 1. The highest BCUT2D eigenvalue weighted by atomic mass is 16.5. The number of hydrogen-bond acceptors (Lipinski definition) is 8. The molecule has 2 saturated heterocycles. The number of rotatable bonds is 7. The predicted octanol–water partition coefficient (Wildman–Crippen LogP) is 2.49. The minimum absolute atomic E-state index is 0.650. The fraction of sp³-hybridized carbons (Fsp3) is 0.409. The molecule has 0 spiro atoms. The maximum Gasteiger partial charge on any atom is 0.162 e. The van der Waals surface area contributed by atoms with E-state index in [1.54, 1.807) is 12.3 Å². The topological polar surface area (TPSA) is 79.5 Å². The fourth-order valence-electron chi connectivity index (χ4n) is 3.57. The molecule has 164 valence electrons. The van der Waals surface area contributed by atoms with Gasteiger partial charge >= 0.3 is 0 Å². The van der Waals surface area contributed by atoms with Gasteiger partial charge in [0.2, 0.25) is 0 Å². The third-order valence-corrected chi connectivity index (χ3v) is 5.11. The normalized spacial score (nSPS) is 18.0. The number of nitrogens with zero attached hydrogens (tertiary/aromatic N) is 6. The van der Waals surface area contributed by atoms with E-state index in [9.17, 15) is 0 Å². The second-order valence-electron chi connectivity index (χ2n) is 7.54. The van der Waals surface area contributed by atoms with E-state index in [0.29, 0.717) is 32.2 Å². The summed E-state index contributed by atoms with van der Waals surface area (Å²) in [6.45, 7) is 15.7. The number of ether oxygens (including phenoxy) is 2. The molecule has 4 heterocycles. The lowest BCUT2D eigenvalue weighted by molar-refractivity contribution is 0.122. The lowest BCUT2D eigenvalue weighted by atomic mass is 10.2. The molecule has 1 N–H and O–H groups in total. The zero-order valence-corrected chi connectivity index (χ0v) is 18.0. The summed E-state index contributed by atoms with van der Waals surface area (Å²) < 4.78 is 12.9. The van der Waals surface area contributed by atoms with Gasteiger partial charge in [-0.2, -0.15) is 9.62 Å². The van der Waals surface area contributed by atoms with Gasteiger partial charge in [0.05, 0.1) is 32.6 Å². The number of hydrazone groups is 1. The summed E-state index contributed by atoms with van der Waals surface area (Å²) in [6.07, 6.45) is 5.36. The molecule has 9 nitrogen and oxygen atoms in total. The molecule has 2 aliphatic heterocycles. The largest absolute Gasteiger partial charge is 0.378 e. The van der Waals surface area contributed by atoms with Crippen molar-refractivity contribution in [2.24, 2.45) is 5.10 Å². The van der Waals surface area contributed by atoms with Gasteiger partial charge in [-0.25, -0.2) is 4.98 Å². The van der Waals surface area contributed by atoms with Gasteiger partial charge in [-0.3, -0.25) is 5.43 Å². The zero-order valence-electron chi connectivity index (χ0n) is 18.0. The highest BCUT2D eigenvalue weighted by Crippen LogP contribution is 2.25. The molecule has 2 aliphatic rings. The van der Waals surface area contributed by atoms with Crippen LogP contribution in [0.5, 0.6) is 0 Å². The monoisotopic (exact) mass is 423 g/mol. The van der Waals surface area contributed by atoms with Crippen molar-refractivity contribution in [2.75, 3.05) is 67.8 Å². The van der Waals surface area contributed by atoms with Crippen LogP contribution in [0, 0.1) is 0 Å². The van der Waals surface area contributed by atoms with Crippen molar-refractivity contribution in [3.63, 3.8) is 0 Å². The van der Waals surface area contributed by atoms with Crippen molar-refractivity contribution in [3.05, 3.63) is 48.6 Å². The Morgan fingerprint density at radius 2 is 1.77 bits per heavy atom. The molecule has 0 aliphatic carbocycles. The molecule has 2 fully saturated rings. The Kier molecular flexibility index (Phi) is 6.63. The smallest absolute Gasteiger partial charge is 0.162 e. The third-order valence-electron chi connectivity index (χ3n) is 5.11. The summed E-state index contributed by atoms with van der Waals surface area (Å²) in [5, 5.41) is 9.19. The first kappa shape index (κ1) is 21.1. The van der Waals surface area contributed by atoms with Crippen LogP contribution in [-0.2, 0) is 9.47 Å². The molecule has 0 unspecified atom stereocenters. The van der Waals surface area contributed by atoms with Crippen LogP contribution in [-0.4, -0.2) is 73.4 Å². The number of hydrogen-bond donors (Lipinski definition) is 1. The lowest BCUT2D eigenvalue weighted by Gasteiger charge is -2.29. The van der Waals surface area contributed by atoms with E-state index < -0.39 is 0 Å². The van der Waals surface area contributed by atoms with E-state index in [-0.39, 0.29) is 0 Å². The van der Waals surface area contributed by atoms with E-state index in [2.05, 4.69) is 33.5 Å². The SMILES string of the molecule is C=CC(/C=N/Nc1cc(N2CCOCC2)n2nc(N3CCOCC3)cc2n1)=C\C(=C)C. The Hall–Kier alpha value is -3.17. The van der Waals surface area contributed by atoms with Crippen molar-refractivity contribution in [3.8, 4) is 0 Å². The molecule has 0 aromatic carbocycles. The third kappa shape index (κ3) is 5.12. The fourth-order valence-corrected chi connectivity index (χ4v) is 3.57. The van der Waals surface area contributed by atoms with Crippen molar-refractivity contribution in [2.45, 2.75) is 6.92 Å². The average molecular weight is 424 g/mol. The Morgan fingerprint density at radius 3 is 2.42 bits per heavy atom. The van der Waals surface area contributed by atoms with Crippen LogP contribution in [0.1, 0.15) is 6.92 Å². The predicted molar refractivity (Wildman–Crippen MR) is 124 cm³/mol. The minimum atomic E-state index is 0.650. The first-order valence-corrected chi connectivity index (χ1v) is 10.5. The van der Waals surface area contributed by atoms with Gasteiger partial charge in [0.1, 0.15) is 5.82 Å². The number of nitrogens with one attached hydrogen (secondary N) is 1. The molecular formula is C22H29N7O2. The molecule has 0 atom stereocenters. The van der Waals surface area contributed by atoms with E-state index in [1.807, 2.05) is 29.6 Å². The van der Waals surface area contributed by atoms with E-state index in [1.165, 1.54) is 0 Å². The first-order chi connectivity index (χ1) is 15.1. The molecular weight excluding hydrogens is 394 g/mol. The summed E-state index contributed by atoms with van der Waals surface area (Å²) in [6, 6.07) is 3.99. The second-order valence-corrected chi connectivity index (χ2v) is 7.54. The summed E-state index contributed by atoms with van der Waals surface area (Å²) in [4.78, 5) is 9.22. The number of aromatic nitrogens is 3. The van der Waals surface area contributed by atoms with Gasteiger partial charge < -0.3 is 19.3 Å². The quantitative estimate of drug-likeness (QED) is 0.416. The number of morpholine rings is 2. The molecule has 31 heavy (non-hydrogen) atoms. The van der Waals surface area contributed by atoms with Gasteiger partial charge in [-0.1, -0.05) is 30.9 Å². The van der Waals surface area contributed by atoms with E-state index in [4.69, 9.17) is 19.6 Å².